The van der Waals surface area contributed by atoms with E-state index < -0.39 is 0 Å². The molecule has 1 amide bonds. The molecule has 23 heavy (non-hydrogen) atoms. The minimum atomic E-state index is -0.0441. The number of hydrogen-bond acceptors (Lipinski definition) is 5. The van der Waals surface area contributed by atoms with Crippen LogP contribution >= 0.6 is 11.3 Å². The zero-order valence-corrected chi connectivity index (χ0v) is 13.4. The van der Waals surface area contributed by atoms with Gasteiger partial charge in [-0.15, -0.1) is 11.3 Å². The third-order valence-electron chi connectivity index (χ3n) is 3.94. The SMILES string of the molecule is O=C(NN1CCCCC1)c1ccc(-c2nc3ncccc3[nH]2)s1. The first-order valence-corrected chi connectivity index (χ1v) is 8.58. The van der Waals surface area contributed by atoms with Crippen molar-refractivity contribution < 1.29 is 4.79 Å². The summed E-state index contributed by atoms with van der Waals surface area (Å²) in [5.74, 6) is 0.707. The Bertz CT molecular complexity index is 801. The van der Waals surface area contributed by atoms with E-state index in [2.05, 4.69) is 20.4 Å². The van der Waals surface area contributed by atoms with Crippen molar-refractivity contribution in [3.05, 3.63) is 35.3 Å². The molecule has 0 radical (unpaired) electrons. The maximum atomic E-state index is 12.3. The minimum absolute atomic E-state index is 0.0441. The highest BCUT2D eigenvalue weighted by Crippen LogP contribution is 2.27. The summed E-state index contributed by atoms with van der Waals surface area (Å²) < 4.78 is 0. The van der Waals surface area contributed by atoms with Crippen LogP contribution in [-0.4, -0.2) is 39.0 Å². The number of nitrogens with one attached hydrogen (secondary N) is 2. The quantitative estimate of drug-likeness (QED) is 0.776. The highest BCUT2D eigenvalue weighted by atomic mass is 32.1. The second kappa shape index (κ2) is 6.10. The summed E-state index contributed by atoms with van der Waals surface area (Å²) in [4.78, 5) is 25.9. The molecule has 0 unspecified atom stereocenters. The van der Waals surface area contributed by atoms with Crippen molar-refractivity contribution in [1.82, 2.24) is 25.4 Å². The second-order valence-electron chi connectivity index (χ2n) is 5.61. The van der Waals surface area contributed by atoms with E-state index in [-0.39, 0.29) is 5.91 Å². The zero-order chi connectivity index (χ0) is 15.6. The molecule has 1 aliphatic heterocycles. The van der Waals surface area contributed by atoms with Crippen LogP contribution in [0.1, 0.15) is 28.9 Å². The number of piperidine rings is 1. The summed E-state index contributed by atoms with van der Waals surface area (Å²) in [6.45, 7) is 1.86. The molecular formula is C16H17N5OS. The lowest BCUT2D eigenvalue weighted by Gasteiger charge is -2.26. The molecule has 4 heterocycles. The van der Waals surface area contributed by atoms with Gasteiger partial charge in [0.2, 0.25) is 0 Å². The first-order chi connectivity index (χ1) is 11.3. The summed E-state index contributed by atoms with van der Waals surface area (Å²) in [5, 5.41) is 2.01. The Labute approximate surface area is 137 Å². The smallest absolute Gasteiger partial charge is 0.275 e. The largest absolute Gasteiger partial charge is 0.336 e. The van der Waals surface area contributed by atoms with E-state index in [1.165, 1.54) is 17.8 Å². The number of hydrogen-bond donors (Lipinski definition) is 2. The first-order valence-electron chi connectivity index (χ1n) is 7.76. The molecule has 0 atom stereocenters. The van der Waals surface area contributed by atoms with Crippen molar-refractivity contribution in [3.8, 4) is 10.7 Å². The van der Waals surface area contributed by atoms with Gasteiger partial charge in [0.15, 0.2) is 11.5 Å². The maximum absolute atomic E-state index is 12.3. The fourth-order valence-electron chi connectivity index (χ4n) is 2.75. The Kier molecular flexibility index (Phi) is 3.80. The number of imidazole rings is 1. The number of nitrogens with zero attached hydrogens (tertiary/aromatic N) is 3. The van der Waals surface area contributed by atoms with E-state index in [1.807, 2.05) is 29.3 Å². The fraction of sp³-hybridized carbons (Fsp3) is 0.312. The van der Waals surface area contributed by atoms with E-state index in [1.54, 1.807) is 6.20 Å². The third-order valence-corrected chi connectivity index (χ3v) is 5.03. The Morgan fingerprint density at radius 1 is 1.22 bits per heavy atom. The predicted octanol–water partition coefficient (Wildman–Crippen LogP) is 2.82. The highest BCUT2D eigenvalue weighted by Gasteiger charge is 2.17. The van der Waals surface area contributed by atoms with Crippen LogP contribution in [0.15, 0.2) is 30.5 Å². The summed E-state index contributed by atoms with van der Waals surface area (Å²) in [7, 11) is 0. The molecule has 1 aliphatic rings. The van der Waals surface area contributed by atoms with Crippen molar-refractivity contribution in [2.24, 2.45) is 0 Å². The second-order valence-corrected chi connectivity index (χ2v) is 6.70. The molecule has 7 heteroatoms. The topological polar surface area (TPSA) is 73.9 Å². The van der Waals surface area contributed by atoms with Crippen LogP contribution in [0.3, 0.4) is 0 Å². The van der Waals surface area contributed by atoms with Crippen LogP contribution in [0, 0.1) is 0 Å². The number of thiophene rings is 1. The molecule has 2 N–H and O–H groups in total. The highest BCUT2D eigenvalue weighted by molar-refractivity contribution is 7.17. The third kappa shape index (κ3) is 2.97. The summed E-state index contributed by atoms with van der Waals surface area (Å²) >= 11 is 1.44. The summed E-state index contributed by atoms with van der Waals surface area (Å²) in [5.41, 5.74) is 4.58. The summed E-state index contributed by atoms with van der Waals surface area (Å²) in [6, 6.07) is 7.58. The number of amides is 1. The molecule has 0 aliphatic carbocycles. The molecule has 1 saturated heterocycles. The van der Waals surface area contributed by atoms with Gasteiger partial charge in [-0.05, 0) is 37.1 Å². The van der Waals surface area contributed by atoms with Crippen molar-refractivity contribution >= 4 is 28.4 Å². The standard InChI is InChI=1S/C16H17N5OS/c22-16(20-21-9-2-1-3-10-21)13-7-6-12(23-13)15-18-11-5-4-8-17-14(11)19-15/h4-8H,1-3,9-10H2,(H,20,22)(H,17,18,19). The van der Waals surface area contributed by atoms with Crippen LogP contribution in [-0.2, 0) is 0 Å². The van der Waals surface area contributed by atoms with Crippen molar-refractivity contribution in [1.29, 1.82) is 0 Å². The zero-order valence-electron chi connectivity index (χ0n) is 12.6. The molecule has 6 nitrogen and oxygen atoms in total. The Morgan fingerprint density at radius 3 is 2.91 bits per heavy atom. The average Bonchev–Trinajstić information content (AvgIpc) is 3.22. The van der Waals surface area contributed by atoms with Gasteiger partial charge in [-0.3, -0.25) is 10.2 Å². The van der Waals surface area contributed by atoms with Crippen molar-refractivity contribution in [2.45, 2.75) is 19.3 Å². The molecule has 1 fully saturated rings. The van der Waals surface area contributed by atoms with Crippen molar-refractivity contribution in [2.75, 3.05) is 13.1 Å². The van der Waals surface area contributed by atoms with Crippen LogP contribution in [0.25, 0.3) is 21.9 Å². The number of hydrazine groups is 1. The molecule has 118 valence electrons. The van der Waals surface area contributed by atoms with Gasteiger partial charge in [0.25, 0.3) is 5.91 Å². The first kappa shape index (κ1) is 14.3. The van der Waals surface area contributed by atoms with Crippen LogP contribution in [0.5, 0.6) is 0 Å². The Morgan fingerprint density at radius 2 is 2.09 bits per heavy atom. The normalized spacial score (nSPS) is 15.8. The molecule has 3 aromatic rings. The monoisotopic (exact) mass is 327 g/mol. The molecule has 0 bridgehead atoms. The van der Waals surface area contributed by atoms with Gasteiger partial charge in [0.1, 0.15) is 0 Å². The van der Waals surface area contributed by atoms with E-state index in [0.29, 0.717) is 10.5 Å². The van der Waals surface area contributed by atoms with Gasteiger partial charge >= 0.3 is 0 Å². The van der Waals surface area contributed by atoms with Crippen LogP contribution < -0.4 is 5.43 Å². The van der Waals surface area contributed by atoms with Crippen LogP contribution in [0.4, 0.5) is 0 Å². The minimum Gasteiger partial charge on any atom is -0.336 e. The lowest BCUT2D eigenvalue weighted by atomic mass is 10.2. The molecule has 4 rings (SSSR count). The maximum Gasteiger partial charge on any atom is 0.275 e. The number of aromatic nitrogens is 3. The van der Waals surface area contributed by atoms with E-state index in [9.17, 15) is 4.79 Å². The Hall–Kier alpha value is -2.25. The number of rotatable bonds is 3. The number of aromatic amines is 1. The molecule has 0 spiro atoms. The fourth-order valence-corrected chi connectivity index (χ4v) is 3.59. The Balaban J connectivity index is 1.52. The van der Waals surface area contributed by atoms with Crippen molar-refractivity contribution in [3.63, 3.8) is 0 Å². The lowest BCUT2D eigenvalue weighted by Crippen LogP contribution is -2.44. The van der Waals surface area contributed by atoms with E-state index >= 15 is 0 Å². The average molecular weight is 327 g/mol. The van der Waals surface area contributed by atoms with Gasteiger partial charge < -0.3 is 4.98 Å². The lowest BCUT2D eigenvalue weighted by molar-refractivity contribution is 0.0754. The molecular weight excluding hydrogens is 310 g/mol. The van der Waals surface area contributed by atoms with Gasteiger partial charge in [-0.2, -0.15) is 0 Å². The molecule has 3 aromatic heterocycles. The molecule has 0 saturated carbocycles. The molecule has 0 aromatic carbocycles. The number of H-pyrrole nitrogens is 1. The van der Waals surface area contributed by atoms with Gasteiger partial charge in [-0.25, -0.2) is 15.0 Å². The van der Waals surface area contributed by atoms with Gasteiger partial charge in [-0.1, -0.05) is 6.42 Å². The number of carbonyl (C=O) groups excluding carboxylic acids is 1. The van der Waals surface area contributed by atoms with E-state index in [4.69, 9.17) is 0 Å². The number of pyridine rings is 1. The number of fused-ring (bicyclic) bond motifs is 1. The number of carbonyl (C=O) groups is 1. The van der Waals surface area contributed by atoms with Crippen LogP contribution in [0.2, 0.25) is 0 Å². The van der Waals surface area contributed by atoms with Gasteiger partial charge in [0, 0.05) is 19.3 Å². The predicted molar refractivity (Wildman–Crippen MR) is 90.1 cm³/mol. The summed E-state index contributed by atoms with van der Waals surface area (Å²) in [6.07, 6.45) is 5.25. The van der Waals surface area contributed by atoms with Gasteiger partial charge in [0.05, 0.1) is 15.3 Å². The van der Waals surface area contributed by atoms with E-state index in [0.717, 1.165) is 42.1 Å².